The highest BCUT2D eigenvalue weighted by molar-refractivity contribution is 9.09. The normalized spacial score (nSPS) is 21.4. The third-order valence-corrected chi connectivity index (χ3v) is 3.93. The molecule has 0 aliphatic heterocycles. The lowest BCUT2D eigenvalue weighted by atomic mass is 9.89. The largest absolute Gasteiger partial charge is 0.402 e. The van der Waals surface area contributed by atoms with E-state index in [0.717, 1.165) is 6.54 Å². The lowest BCUT2D eigenvalue weighted by molar-refractivity contribution is -0.130. The maximum absolute atomic E-state index is 12.3. The Morgan fingerprint density at radius 1 is 1.25 bits per heavy atom. The van der Waals surface area contributed by atoms with E-state index in [1.807, 2.05) is 0 Å². The van der Waals surface area contributed by atoms with Crippen molar-refractivity contribution in [2.75, 3.05) is 20.1 Å². The van der Waals surface area contributed by atoms with Gasteiger partial charge in [-0.15, -0.1) is 0 Å². The molecule has 5 heteroatoms. The Morgan fingerprint density at radius 2 is 1.81 bits per heavy atom. The quantitative estimate of drug-likeness (QED) is 0.714. The van der Waals surface area contributed by atoms with Crippen LogP contribution in [0, 0.1) is 5.92 Å². The molecule has 0 radical (unpaired) electrons. The van der Waals surface area contributed by atoms with Crippen molar-refractivity contribution >= 4 is 15.9 Å². The van der Waals surface area contributed by atoms with E-state index in [1.165, 1.54) is 32.1 Å². The van der Waals surface area contributed by atoms with Crippen molar-refractivity contribution in [1.82, 2.24) is 4.90 Å². The highest BCUT2D eigenvalue weighted by atomic mass is 79.9. The molecule has 1 aliphatic rings. The molecular formula is C11H19BrF3N. The Morgan fingerprint density at radius 3 is 2.31 bits per heavy atom. The standard InChI is InChI=1S/C11H19BrF3N/c1-16(8-10(12)11(13,14)15)7-9-5-3-2-4-6-9/h9-10H,2-8H2,1H3. The SMILES string of the molecule is CN(CC1CCCCC1)CC(Br)C(F)(F)F. The average Bonchev–Trinajstić information content (AvgIpc) is 2.17. The summed E-state index contributed by atoms with van der Waals surface area (Å²) >= 11 is 2.70. The van der Waals surface area contributed by atoms with E-state index in [9.17, 15) is 13.2 Å². The van der Waals surface area contributed by atoms with Crippen molar-refractivity contribution in [3.8, 4) is 0 Å². The maximum Gasteiger partial charge on any atom is 0.402 e. The van der Waals surface area contributed by atoms with Gasteiger partial charge in [0.25, 0.3) is 0 Å². The summed E-state index contributed by atoms with van der Waals surface area (Å²) in [4.78, 5) is 0.386. The van der Waals surface area contributed by atoms with Crippen LogP contribution in [0.3, 0.4) is 0 Å². The number of hydrogen-bond donors (Lipinski definition) is 0. The zero-order chi connectivity index (χ0) is 12.2. The van der Waals surface area contributed by atoms with Gasteiger partial charge in [-0.25, -0.2) is 0 Å². The summed E-state index contributed by atoms with van der Waals surface area (Å²) in [7, 11) is 1.77. The molecule has 1 fully saturated rings. The van der Waals surface area contributed by atoms with Crippen molar-refractivity contribution in [3.05, 3.63) is 0 Å². The van der Waals surface area contributed by atoms with E-state index in [0.29, 0.717) is 5.92 Å². The molecule has 0 spiro atoms. The summed E-state index contributed by atoms with van der Waals surface area (Å²) < 4.78 is 36.9. The van der Waals surface area contributed by atoms with Crippen LogP contribution in [0.4, 0.5) is 13.2 Å². The van der Waals surface area contributed by atoms with Gasteiger partial charge in [0, 0.05) is 13.1 Å². The van der Waals surface area contributed by atoms with Gasteiger partial charge in [0.15, 0.2) is 0 Å². The van der Waals surface area contributed by atoms with Crippen molar-refractivity contribution in [1.29, 1.82) is 0 Å². The summed E-state index contributed by atoms with van der Waals surface area (Å²) in [5.74, 6) is 0.590. The molecule has 0 aromatic heterocycles. The van der Waals surface area contributed by atoms with Crippen LogP contribution in [0.1, 0.15) is 32.1 Å². The first-order valence-electron chi connectivity index (χ1n) is 5.79. The fourth-order valence-corrected chi connectivity index (χ4v) is 2.76. The minimum atomic E-state index is -4.14. The molecule has 96 valence electrons. The predicted octanol–water partition coefficient (Wildman–Crippen LogP) is 3.82. The molecule has 0 bridgehead atoms. The minimum absolute atomic E-state index is 0.0417. The number of rotatable bonds is 4. The van der Waals surface area contributed by atoms with Crippen LogP contribution in [0.15, 0.2) is 0 Å². The van der Waals surface area contributed by atoms with Crippen molar-refractivity contribution in [3.63, 3.8) is 0 Å². The van der Waals surface area contributed by atoms with Crippen LogP contribution >= 0.6 is 15.9 Å². The van der Waals surface area contributed by atoms with E-state index in [-0.39, 0.29) is 6.54 Å². The summed E-state index contributed by atoms with van der Waals surface area (Å²) in [6, 6.07) is 0. The first kappa shape index (κ1) is 14.3. The van der Waals surface area contributed by atoms with Gasteiger partial charge < -0.3 is 4.90 Å². The summed E-state index contributed by atoms with van der Waals surface area (Å²) in [6.07, 6.45) is 1.95. The Kier molecular flexibility index (Phi) is 5.57. The van der Waals surface area contributed by atoms with E-state index >= 15 is 0 Å². The lowest BCUT2D eigenvalue weighted by Gasteiger charge is -2.28. The van der Waals surface area contributed by atoms with Crippen LogP contribution in [0.2, 0.25) is 0 Å². The van der Waals surface area contributed by atoms with Gasteiger partial charge in [0.2, 0.25) is 0 Å². The molecule has 0 saturated heterocycles. The first-order valence-corrected chi connectivity index (χ1v) is 6.70. The topological polar surface area (TPSA) is 3.24 Å². The van der Waals surface area contributed by atoms with Gasteiger partial charge in [-0.1, -0.05) is 35.2 Å². The van der Waals surface area contributed by atoms with Crippen molar-refractivity contribution in [2.45, 2.75) is 43.1 Å². The molecule has 0 N–H and O–H groups in total. The van der Waals surface area contributed by atoms with Gasteiger partial charge in [0.1, 0.15) is 4.83 Å². The summed E-state index contributed by atoms with van der Waals surface area (Å²) in [5, 5.41) is 0. The Labute approximate surface area is 104 Å². The molecule has 1 aliphatic carbocycles. The van der Waals surface area contributed by atoms with Gasteiger partial charge in [-0.2, -0.15) is 13.2 Å². The monoisotopic (exact) mass is 301 g/mol. The molecule has 1 unspecified atom stereocenters. The number of nitrogens with zero attached hydrogens (tertiary/aromatic N) is 1. The second-order valence-electron chi connectivity index (χ2n) is 4.73. The maximum atomic E-state index is 12.3. The minimum Gasteiger partial charge on any atom is -0.305 e. The van der Waals surface area contributed by atoms with Gasteiger partial charge in [-0.05, 0) is 25.8 Å². The van der Waals surface area contributed by atoms with Crippen LogP contribution in [0.25, 0.3) is 0 Å². The molecular weight excluding hydrogens is 283 g/mol. The van der Waals surface area contributed by atoms with Crippen LogP contribution in [-0.2, 0) is 0 Å². The Balaban J connectivity index is 2.26. The van der Waals surface area contributed by atoms with E-state index < -0.39 is 11.0 Å². The van der Waals surface area contributed by atoms with Crippen LogP contribution < -0.4 is 0 Å². The summed E-state index contributed by atoms with van der Waals surface area (Å²) in [5.41, 5.74) is 0. The fourth-order valence-electron chi connectivity index (χ4n) is 2.26. The molecule has 1 atom stereocenters. The number of alkyl halides is 4. The second kappa shape index (κ2) is 6.24. The molecule has 1 rings (SSSR count). The average molecular weight is 302 g/mol. The third kappa shape index (κ3) is 5.04. The Bertz CT molecular complexity index is 202. The third-order valence-electron chi connectivity index (χ3n) is 3.12. The molecule has 16 heavy (non-hydrogen) atoms. The summed E-state index contributed by atoms with van der Waals surface area (Å²) in [6.45, 7) is 0.832. The molecule has 0 aromatic rings. The van der Waals surface area contributed by atoms with Crippen LogP contribution in [-0.4, -0.2) is 36.0 Å². The molecule has 0 aromatic carbocycles. The zero-order valence-corrected chi connectivity index (χ0v) is 11.1. The zero-order valence-electron chi connectivity index (χ0n) is 9.56. The molecule has 1 nitrogen and oxygen atoms in total. The molecule has 0 amide bonds. The number of halogens is 4. The van der Waals surface area contributed by atoms with E-state index in [1.54, 1.807) is 11.9 Å². The Hall–Kier alpha value is 0.230. The predicted molar refractivity (Wildman–Crippen MR) is 62.8 cm³/mol. The first-order chi connectivity index (χ1) is 7.39. The highest BCUT2D eigenvalue weighted by Crippen LogP contribution is 2.28. The van der Waals surface area contributed by atoms with Gasteiger partial charge >= 0.3 is 6.18 Å². The van der Waals surface area contributed by atoms with Gasteiger partial charge in [-0.3, -0.25) is 0 Å². The highest BCUT2D eigenvalue weighted by Gasteiger charge is 2.38. The number of hydrogen-bond acceptors (Lipinski definition) is 1. The van der Waals surface area contributed by atoms with Gasteiger partial charge in [0.05, 0.1) is 0 Å². The molecule has 1 saturated carbocycles. The smallest absolute Gasteiger partial charge is 0.305 e. The van der Waals surface area contributed by atoms with Crippen LogP contribution in [0.5, 0.6) is 0 Å². The fraction of sp³-hybridized carbons (Fsp3) is 1.00. The lowest BCUT2D eigenvalue weighted by Crippen LogP contribution is -2.37. The molecule has 0 heterocycles. The van der Waals surface area contributed by atoms with E-state index in [4.69, 9.17) is 0 Å². The van der Waals surface area contributed by atoms with E-state index in [2.05, 4.69) is 15.9 Å². The van der Waals surface area contributed by atoms with Crippen molar-refractivity contribution < 1.29 is 13.2 Å². The second-order valence-corrected chi connectivity index (χ2v) is 5.84. The van der Waals surface area contributed by atoms with Crippen molar-refractivity contribution in [2.24, 2.45) is 5.92 Å².